The van der Waals surface area contributed by atoms with Gasteiger partial charge in [-0.15, -0.1) is 0 Å². The van der Waals surface area contributed by atoms with Crippen LogP contribution in [0.4, 0.5) is 0 Å². The maximum Gasteiger partial charge on any atom is 0.0237 e. The lowest BCUT2D eigenvalue weighted by Gasteiger charge is -2.31. The van der Waals surface area contributed by atoms with E-state index >= 15 is 0 Å². The van der Waals surface area contributed by atoms with Gasteiger partial charge in [0.1, 0.15) is 0 Å². The third kappa shape index (κ3) is 3.62. The smallest absolute Gasteiger partial charge is 0.0237 e. The fraction of sp³-hybridized carbons (Fsp3) is 0.667. The molecular formula is C18H28N2. The van der Waals surface area contributed by atoms with Crippen molar-refractivity contribution in [3.05, 3.63) is 35.4 Å². The highest BCUT2D eigenvalue weighted by atomic mass is 15.1. The van der Waals surface area contributed by atoms with Crippen molar-refractivity contribution in [3.8, 4) is 0 Å². The molecule has 2 heteroatoms. The van der Waals surface area contributed by atoms with Crippen LogP contribution in [0, 0.1) is 5.92 Å². The molecule has 0 radical (unpaired) electrons. The van der Waals surface area contributed by atoms with Crippen LogP contribution < -0.4 is 5.32 Å². The molecule has 1 aromatic carbocycles. The first-order valence-electron chi connectivity index (χ1n) is 8.34. The quantitative estimate of drug-likeness (QED) is 0.905. The lowest BCUT2D eigenvalue weighted by atomic mass is 9.87. The van der Waals surface area contributed by atoms with E-state index in [2.05, 4.69) is 41.4 Å². The fourth-order valence-electron chi connectivity index (χ4n) is 3.64. The summed E-state index contributed by atoms with van der Waals surface area (Å²) in [5.41, 5.74) is 3.09. The summed E-state index contributed by atoms with van der Waals surface area (Å²) < 4.78 is 0. The third-order valence-electron chi connectivity index (χ3n) is 5.09. The van der Waals surface area contributed by atoms with Gasteiger partial charge in [-0.25, -0.2) is 0 Å². The van der Waals surface area contributed by atoms with E-state index in [4.69, 9.17) is 0 Å². The van der Waals surface area contributed by atoms with Crippen molar-refractivity contribution in [1.29, 1.82) is 0 Å². The Morgan fingerprint density at radius 3 is 2.65 bits per heavy atom. The number of nitrogens with zero attached hydrogens (tertiary/aromatic N) is 1. The predicted octanol–water partition coefficient (Wildman–Crippen LogP) is 3.21. The first-order chi connectivity index (χ1) is 9.81. The summed E-state index contributed by atoms with van der Waals surface area (Å²) in [4.78, 5) is 2.60. The lowest BCUT2D eigenvalue weighted by Crippen LogP contribution is -2.40. The van der Waals surface area contributed by atoms with Gasteiger partial charge in [-0.05, 0) is 49.1 Å². The molecule has 1 N–H and O–H groups in total. The predicted molar refractivity (Wildman–Crippen MR) is 84.8 cm³/mol. The number of rotatable bonds is 4. The molecule has 1 aromatic rings. The van der Waals surface area contributed by atoms with Crippen molar-refractivity contribution in [2.45, 2.75) is 51.6 Å². The van der Waals surface area contributed by atoms with E-state index in [1.807, 2.05) is 0 Å². The first-order valence-corrected chi connectivity index (χ1v) is 8.34. The van der Waals surface area contributed by atoms with E-state index in [1.54, 1.807) is 5.56 Å². The molecular weight excluding hydrogens is 244 g/mol. The minimum Gasteiger partial charge on any atom is -0.313 e. The molecule has 0 bridgehead atoms. The van der Waals surface area contributed by atoms with Crippen LogP contribution in [-0.2, 0) is 13.0 Å². The summed E-state index contributed by atoms with van der Waals surface area (Å²) in [6.45, 7) is 7.10. The van der Waals surface area contributed by atoms with E-state index in [1.165, 1.54) is 50.8 Å². The van der Waals surface area contributed by atoms with E-state index in [0.717, 1.165) is 25.0 Å². The molecule has 1 aliphatic carbocycles. The first kappa shape index (κ1) is 14.1. The average molecular weight is 272 g/mol. The minimum atomic E-state index is 0.781. The highest BCUT2D eigenvalue weighted by Gasteiger charge is 2.18. The molecule has 0 amide bonds. The fourth-order valence-corrected chi connectivity index (χ4v) is 3.64. The topological polar surface area (TPSA) is 15.3 Å². The normalized spacial score (nSPS) is 27.2. The summed E-state index contributed by atoms with van der Waals surface area (Å²) in [6.07, 6.45) is 6.80. The Hall–Kier alpha value is -0.860. The van der Waals surface area contributed by atoms with Crippen molar-refractivity contribution in [1.82, 2.24) is 10.2 Å². The van der Waals surface area contributed by atoms with Gasteiger partial charge in [-0.3, -0.25) is 4.90 Å². The molecule has 2 nitrogen and oxygen atoms in total. The molecule has 2 aliphatic rings. The molecule has 0 spiro atoms. The lowest BCUT2D eigenvalue weighted by molar-refractivity contribution is 0.239. The monoisotopic (exact) mass is 272 g/mol. The zero-order valence-corrected chi connectivity index (χ0v) is 12.8. The van der Waals surface area contributed by atoms with E-state index in [9.17, 15) is 0 Å². The zero-order valence-electron chi connectivity index (χ0n) is 12.8. The van der Waals surface area contributed by atoms with Crippen molar-refractivity contribution in [3.63, 3.8) is 0 Å². The minimum absolute atomic E-state index is 0.781. The molecule has 0 unspecified atom stereocenters. The summed E-state index contributed by atoms with van der Waals surface area (Å²) in [7, 11) is 0. The Morgan fingerprint density at radius 1 is 1.10 bits per heavy atom. The van der Waals surface area contributed by atoms with Crippen LogP contribution in [0.3, 0.4) is 0 Å². The highest BCUT2D eigenvalue weighted by Crippen LogP contribution is 2.23. The molecule has 0 aromatic heterocycles. The van der Waals surface area contributed by atoms with Gasteiger partial charge in [0.2, 0.25) is 0 Å². The third-order valence-corrected chi connectivity index (χ3v) is 5.09. The van der Waals surface area contributed by atoms with Crippen molar-refractivity contribution in [2.75, 3.05) is 19.6 Å². The highest BCUT2D eigenvalue weighted by molar-refractivity contribution is 5.28. The molecule has 3 rings (SSSR count). The van der Waals surface area contributed by atoms with Crippen LogP contribution in [0.2, 0.25) is 0 Å². The van der Waals surface area contributed by atoms with E-state index < -0.39 is 0 Å². The van der Waals surface area contributed by atoms with Gasteiger partial charge in [0.25, 0.3) is 0 Å². The van der Waals surface area contributed by atoms with Gasteiger partial charge in [0.15, 0.2) is 0 Å². The SMILES string of the molecule is CC1CCC(NCCN2CCc3ccccc3C2)CC1. The number of benzene rings is 1. The Bertz CT molecular complexity index is 421. The number of fused-ring (bicyclic) bond motifs is 1. The van der Waals surface area contributed by atoms with Crippen LogP contribution in [0.25, 0.3) is 0 Å². The van der Waals surface area contributed by atoms with Crippen LogP contribution in [-0.4, -0.2) is 30.6 Å². The maximum atomic E-state index is 3.77. The summed E-state index contributed by atoms with van der Waals surface area (Å²) >= 11 is 0. The second kappa shape index (κ2) is 6.73. The Morgan fingerprint density at radius 2 is 1.85 bits per heavy atom. The molecule has 20 heavy (non-hydrogen) atoms. The molecule has 0 saturated heterocycles. The van der Waals surface area contributed by atoms with Gasteiger partial charge in [0, 0.05) is 32.2 Å². The summed E-state index contributed by atoms with van der Waals surface area (Å²) in [5.74, 6) is 0.951. The van der Waals surface area contributed by atoms with Crippen LogP contribution in [0.5, 0.6) is 0 Å². The van der Waals surface area contributed by atoms with E-state index in [-0.39, 0.29) is 0 Å². The van der Waals surface area contributed by atoms with Gasteiger partial charge >= 0.3 is 0 Å². The molecule has 0 atom stereocenters. The summed E-state index contributed by atoms with van der Waals surface area (Å²) in [6, 6.07) is 9.69. The van der Waals surface area contributed by atoms with Crippen molar-refractivity contribution in [2.24, 2.45) is 5.92 Å². The Labute approximate surface area is 123 Å². The largest absolute Gasteiger partial charge is 0.313 e. The van der Waals surface area contributed by atoms with Crippen LogP contribution in [0.15, 0.2) is 24.3 Å². The van der Waals surface area contributed by atoms with E-state index in [0.29, 0.717) is 0 Å². The van der Waals surface area contributed by atoms with Crippen LogP contribution in [0.1, 0.15) is 43.7 Å². The Kier molecular flexibility index (Phi) is 4.74. The van der Waals surface area contributed by atoms with Gasteiger partial charge < -0.3 is 5.32 Å². The second-order valence-electron chi connectivity index (χ2n) is 6.71. The molecule has 1 fully saturated rings. The standard InChI is InChI=1S/C18H28N2/c1-15-6-8-18(9-7-15)19-11-13-20-12-10-16-4-2-3-5-17(16)14-20/h2-5,15,18-19H,6-14H2,1H3. The van der Waals surface area contributed by atoms with Crippen molar-refractivity contribution < 1.29 is 0 Å². The van der Waals surface area contributed by atoms with Crippen LogP contribution >= 0.6 is 0 Å². The number of nitrogens with one attached hydrogen (secondary N) is 1. The van der Waals surface area contributed by atoms with Crippen molar-refractivity contribution >= 4 is 0 Å². The molecule has 110 valence electrons. The Balaban J connectivity index is 1.40. The van der Waals surface area contributed by atoms with Gasteiger partial charge in [-0.1, -0.05) is 31.2 Å². The van der Waals surface area contributed by atoms with Gasteiger partial charge in [-0.2, -0.15) is 0 Å². The summed E-state index contributed by atoms with van der Waals surface area (Å²) in [5, 5.41) is 3.77. The molecule has 1 heterocycles. The number of hydrogen-bond donors (Lipinski definition) is 1. The number of hydrogen-bond acceptors (Lipinski definition) is 2. The second-order valence-corrected chi connectivity index (χ2v) is 6.71. The molecule has 1 saturated carbocycles. The maximum absolute atomic E-state index is 3.77. The average Bonchev–Trinajstić information content (AvgIpc) is 2.49. The zero-order chi connectivity index (χ0) is 13.8. The van der Waals surface area contributed by atoms with Gasteiger partial charge in [0.05, 0.1) is 0 Å². The molecule has 1 aliphatic heterocycles.